The van der Waals surface area contributed by atoms with Crippen LogP contribution >= 0.6 is 0 Å². The van der Waals surface area contributed by atoms with Crippen LogP contribution in [-0.4, -0.2) is 21.0 Å². The van der Waals surface area contributed by atoms with Crippen molar-refractivity contribution in [1.29, 1.82) is 0 Å². The van der Waals surface area contributed by atoms with Gasteiger partial charge >= 0.3 is 0 Å². The fourth-order valence-corrected chi connectivity index (χ4v) is 1.97. The van der Waals surface area contributed by atoms with E-state index in [4.69, 9.17) is 5.73 Å². The molecule has 0 aliphatic rings. The molecule has 5 nitrogen and oxygen atoms in total. The highest BCUT2D eigenvalue weighted by molar-refractivity contribution is 5.86. The Morgan fingerprint density at radius 1 is 1.47 bits per heavy atom. The number of aromatic amines is 1. The predicted molar refractivity (Wildman–Crippen MR) is 69.5 cm³/mol. The molecule has 0 amide bonds. The third-order valence-electron chi connectivity index (χ3n) is 2.93. The minimum atomic E-state index is 0.503. The molecule has 2 rings (SSSR count). The van der Waals surface area contributed by atoms with Crippen LogP contribution in [-0.2, 0) is 6.54 Å². The smallest absolute Gasteiger partial charge is 0.151 e. The average Bonchev–Trinajstić information content (AvgIpc) is 2.72. The Balaban J connectivity index is 2.12. The molecule has 0 aliphatic carbocycles. The second-order valence-corrected chi connectivity index (χ2v) is 4.37. The second-order valence-electron chi connectivity index (χ2n) is 4.37. The number of nitrogens with one attached hydrogen (secondary N) is 2. The van der Waals surface area contributed by atoms with E-state index >= 15 is 0 Å². The molecular formula is C12H19N5. The Bertz CT molecular complexity index is 491. The lowest BCUT2D eigenvalue weighted by molar-refractivity contribution is 0.509. The van der Waals surface area contributed by atoms with Gasteiger partial charge in [0.05, 0.1) is 5.52 Å². The third-order valence-corrected chi connectivity index (χ3v) is 2.93. The summed E-state index contributed by atoms with van der Waals surface area (Å²) >= 11 is 0. The molecule has 92 valence electrons. The number of fused-ring (bicyclic) bond motifs is 1. The van der Waals surface area contributed by atoms with E-state index in [1.807, 2.05) is 6.20 Å². The molecule has 0 saturated carbocycles. The van der Waals surface area contributed by atoms with E-state index in [9.17, 15) is 0 Å². The van der Waals surface area contributed by atoms with Crippen molar-refractivity contribution in [2.45, 2.75) is 39.3 Å². The average molecular weight is 233 g/mol. The maximum absolute atomic E-state index is 5.77. The molecule has 17 heavy (non-hydrogen) atoms. The van der Waals surface area contributed by atoms with Gasteiger partial charge in [0.15, 0.2) is 5.82 Å². The molecule has 0 saturated heterocycles. The highest BCUT2D eigenvalue weighted by Gasteiger charge is 2.08. The number of hydrogen-bond donors (Lipinski definition) is 3. The molecule has 1 atom stereocenters. The van der Waals surface area contributed by atoms with Crippen molar-refractivity contribution in [2.24, 2.45) is 0 Å². The number of nitrogens with two attached hydrogens (primary N) is 1. The van der Waals surface area contributed by atoms with Crippen molar-refractivity contribution in [3.8, 4) is 0 Å². The molecule has 2 heterocycles. The Labute approximate surface area is 101 Å². The van der Waals surface area contributed by atoms with Gasteiger partial charge in [-0.3, -0.25) is 0 Å². The summed E-state index contributed by atoms with van der Waals surface area (Å²) < 4.78 is 0. The van der Waals surface area contributed by atoms with Gasteiger partial charge in [-0.05, 0) is 13.3 Å². The van der Waals surface area contributed by atoms with Crippen LogP contribution in [0.15, 0.2) is 12.5 Å². The Kier molecular flexibility index (Phi) is 3.58. The van der Waals surface area contributed by atoms with Gasteiger partial charge in [0.1, 0.15) is 11.8 Å². The maximum Gasteiger partial charge on any atom is 0.151 e. The standard InChI is InChI=1S/C12H19N5/c1-3-4-8(2)14-5-9-6-15-11-10(9)16-7-17-12(11)13/h6-8,14-15H,3-5H2,1-2H3,(H2,13,16,17)/t8-/m0/s1. The predicted octanol–water partition coefficient (Wildman–Crippen LogP) is 1.82. The largest absolute Gasteiger partial charge is 0.382 e. The molecule has 2 aromatic rings. The molecule has 0 spiro atoms. The van der Waals surface area contributed by atoms with E-state index in [2.05, 4.69) is 34.1 Å². The van der Waals surface area contributed by atoms with Crippen LogP contribution in [0.1, 0.15) is 32.3 Å². The van der Waals surface area contributed by atoms with E-state index < -0.39 is 0 Å². The van der Waals surface area contributed by atoms with Gasteiger partial charge in [-0.1, -0.05) is 13.3 Å². The number of anilines is 1. The van der Waals surface area contributed by atoms with Crippen molar-refractivity contribution >= 4 is 16.9 Å². The van der Waals surface area contributed by atoms with E-state index in [-0.39, 0.29) is 0 Å². The summed E-state index contributed by atoms with van der Waals surface area (Å²) in [6.07, 6.45) is 5.82. The first kappa shape index (κ1) is 11.9. The Morgan fingerprint density at radius 3 is 3.06 bits per heavy atom. The van der Waals surface area contributed by atoms with Crippen LogP contribution in [0.5, 0.6) is 0 Å². The summed E-state index contributed by atoms with van der Waals surface area (Å²) in [6.45, 7) is 5.19. The SMILES string of the molecule is CCC[C@H](C)NCc1c[nH]c2c(N)ncnc12. The van der Waals surface area contributed by atoms with E-state index in [0.29, 0.717) is 11.9 Å². The normalized spacial score (nSPS) is 13.1. The summed E-state index contributed by atoms with van der Waals surface area (Å²) in [4.78, 5) is 11.3. The maximum atomic E-state index is 5.77. The molecule has 2 aromatic heterocycles. The van der Waals surface area contributed by atoms with Crippen LogP contribution in [0.4, 0.5) is 5.82 Å². The fraction of sp³-hybridized carbons (Fsp3) is 0.500. The number of nitrogen functional groups attached to an aromatic ring is 1. The van der Waals surface area contributed by atoms with Crippen molar-refractivity contribution < 1.29 is 0 Å². The third kappa shape index (κ3) is 2.55. The van der Waals surface area contributed by atoms with Gasteiger partial charge in [0, 0.05) is 24.3 Å². The van der Waals surface area contributed by atoms with E-state index in [1.54, 1.807) is 0 Å². The van der Waals surface area contributed by atoms with Crippen LogP contribution in [0.25, 0.3) is 11.0 Å². The van der Waals surface area contributed by atoms with Crippen molar-refractivity contribution in [3.63, 3.8) is 0 Å². The zero-order chi connectivity index (χ0) is 12.3. The number of aromatic nitrogens is 3. The summed E-state index contributed by atoms with van der Waals surface area (Å²) in [5, 5.41) is 3.48. The van der Waals surface area contributed by atoms with Crippen molar-refractivity contribution in [3.05, 3.63) is 18.1 Å². The van der Waals surface area contributed by atoms with E-state index in [1.165, 1.54) is 19.2 Å². The first-order chi connectivity index (χ1) is 8.22. The second kappa shape index (κ2) is 5.14. The van der Waals surface area contributed by atoms with E-state index in [0.717, 1.165) is 23.1 Å². The number of hydrogen-bond acceptors (Lipinski definition) is 4. The number of H-pyrrole nitrogens is 1. The summed E-state index contributed by atoms with van der Waals surface area (Å²) in [6, 6.07) is 0.518. The van der Waals surface area contributed by atoms with Gasteiger partial charge in [0.25, 0.3) is 0 Å². The quantitative estimate of drug-likeness (QED) is 0.736. The monoisotopic (exact) mass is 233 g/mol. The summed E-state index contributed by atoms with van der Waals surface area (Å²) in [7, 11) is 0. The molecule has 0 unspecified atom stereocenters. The zero-order valence-corrected chi connectivity index (χ0v) is 10.3. The van der Waals surface area contributed by atoms with Crippen molar-refractivity contribution in [1.82, 2.24) is 20.3 Å². The minimum absolute atomic E-state index is 0.503. The zero-order valence-electron chi connectivity index (χ0n) is 10.3. The number of nitrogens with zero attached hydrogens (tertiary/aromatic N) is 2. The Morgan fingerprint density at radius 2 is 2.29 bits per heavy atom. The molecule has 4 N–H and O–H groups in total. The minimum Gasteiger partial charge on any atom is -0.382 e. The highest BCUT2D eigenvalue weighted by atomic mass is 15.0. The molecule has 0 bridgehead atoms. The van der Waals surface area contributed by atoms with Gasteiger partial charge in [-0.25, -0.2) is 9.97 Å². The molecule has 5 heteroatoms. The molecule has 0 aromatic carbocycles. The van der Waals surface area contributed by atoms with Crippen LogP contribution in [0, 0.1) is 0 Å². The van der Waals surface area contributed by atoms with Crippen LogP contribution in [0.3, 0.4) is 0 Å². The summed E-state index contributed by atoms with van der Waals surface area (Å²) in [5.74, 6) is 0.503. The van der Waals surface area contributed by atoms with Gasteiger partial charge in [-0.15, -0.1) is 0 Å². The van der Waals surface area contributed by atoms with Gasteiger partial charge < -0.3 is 16.0 Å². The summed E-state index contributed by atoms with van der Waals surface area (Å²) in [5.41, 5.74) is 8.64. The lowest BCUT2D eigenvalue weighted by atomic mass is 10.2. The highest BCUT2D eigenvalue weighted by Crippen LogP contribution is 2.18. The van der Waals surface area contributed by atoms with Crippen LogP contribution < -0.4 is 11.1 Å². The Hall–Kier alpha value is -1.62. The first-order valence-electron chi connectivity index (χ1n) is 6.02. The van der Waals surface area contributed by atoms with Gasteiger partial charge in [-0.2, -0.15) is 0 Å². The lowest BCUT2D eigenvalue weighted by Gasteiger charge is -2.11. The van der Waals surface area contributed by atoms with Crippen LogP contribution in [0.2, 0.25) is 0 Å². The molecular weight excluding hydrogens is 214 g/mol. The first-order valence-corrected chi connectivity index (χ1v) is 6.02. The van der Waals surface area contributed by atoms with Gasteiger partial charge in [0.2, 0.25) is 0 Å². The lowest BCUT2D eigenvalue weighted by Crippen LogP contribution is -2.25. The molecule has 0 aliphatic heterocycles. The topological polar surface area (TPSA) is 79.6 Å². The molecule has 0 radical (unpaired) electrons. The van der Waals surface area contributed by atoms with Crippen molar-refractivity contribution in [2.75, 3.05) is 5.73 Å². The number of rotatable bonds is 5. The molecule has 0 fully saturated rings. The fourth-order valence-electron chi connectivity index (χ4n) is 1.97.